The maximum atomic E-state index is 10.9. The number of halogens is 1. The summed E-state index contributed by atoms with van der Waals surface area (Å²) in [7, 11) is 0. The van der Waals surface area contributed by atoms with Crippen LogP contribution >= 0.6 is 15.9 Å². The zero-order chi connectivity index (χ0) is 10.1. The third-order valence-corrected chi connectivity index (χ3v) is 2.53. The average molecular weight is 244 g/mol. The Morgan fingerprint density at radius 2 is 2.23 bits per heavy atom. The standard InChI is InChI=1S/C9H10BrNO2/c1-9(2,8(12)13)7-6(10)4-3-5-11-7/h3-5H,1-2H3,(H,12,13). The Balaban J connectivity index is 3.22. The molecule has 70 valence electrons. The topological polar surface area (TPSA) is 50.2 Å². The number of carboxylic acids is 1. The zero-order valence-electron chi connectivity index (χ0n) is 7.41. The Hall–Kier alpha value is -0.900. The Bertz CT molecular complexity index is 336. The number of hydrogen-bond donors (Lipinski definition) is 1. The smallest absolute Gasteiger partial charge is 0.315 e. The molecule has 0 bridgehead atoms. The number of aliphatic carboxylic acids is 1. The Labute approximate surface area is 84.9 Å². The monoisotopic (exact) mass is 243 g/mol. The van der Waals surface area contributed by atoms with E-state index in [1.54, 1.807) is 32.2 Å². The lowest BCUT2D eigenvalue weighted by Gasteiger charge is -2.19. The van der Waals surface area contributed by atoms with Crippen LogP contribution in [-0.4, -0.2) is 16.1 Å². The van der Waals surface area contributed by atoms with Gasteiger partial charge in [0.25, 0.3) is 0 Å². The van der Waals surface area contributed by atoms with Crippen molar-refractivity contribution in [2.75, 3.05) is 0 Å². The molecule has 1 aromatic heterocycles. The van der Waals surface area contributed by atoms with E-state index >= 15 is 0 Å². The van der Waals surface area contributed by atoms with Crippen molar-refractivity contribution in [3.63, 3.8) is 0 Å². The molecule has 13 heavy (non-hydrogen) atoms. The van der Waals surface area contributed by atoms with Gasteiger partial charge in [-0.25, -0.2) is 0 Å². The molecule has 0 aliphatic carbocycles. The molecule has 0 amide bonds. The molecule has 0 aliphatic rings. The summed E-state index contributed by atoms with van der Waals surface area (Å²) >= 11 is 3.27. The van der Waals surface area contributed by atoms with Crippen molar-refractivity contribution < 1.29 is 9.90 Å². The minimum absolute atomic E-state index is 0.544. The molecule has 0 unspecified atom stereocenters. The molecule has 0 fully saturated rings. The highest BCUT2D eigenvalue weighted by Gasteiger charge is 2.32. The molecule has 1 N–H and O–H groups in total. The van der Waals surface area contributed by atoms with Crippen LogP contribution in [0, 0.1) is 0 Å². The highest BCUT2D eigenvalue weighted by Crippen LogP contribution is 2.27. The molecule has 0 saturated heterocycles. The minimum atomic E-state index is -0.958. The highest BCUT2D eigenvalue weighted by atomic mass is 79.9. The van der Waals surface area contributed by atoms with Crippen LogP contribution in [0.25, 0.3) is 0 Å². The van der Waals surface area contributed by atoms with E-state index in [2.05, 4.69) is 20.9 Å². The quantitative estimate of drug-likeness (QED) is 0.867. The van der Waals surface area contributed by atoms with E-state index in [0.717, 1.165) is 4.47 Å². The van der Waals surface area contributed by atoms with Crippen LogP contribution in [0.4, 0.5) is 0 Å². The van der Waals surface area contributed by atoms with Gasteiger partial charge in [0, 0.05) is 10.7 Å². The molecule has 1 heterocycles. The maximum absolute atomic E-state index is 10.9. The van der Waals surface area contributed by atoms with Gasteiger partial charge in [0.05, 0.1) is 5.69 Å². The average Bonchev–Trinajstić information content (AvgIpc) is 2.04. The second-order valence-corrected chi connectivity index (χ2v) is 4.12. The van der Waals surface area contributed by atoms with E-state index in [4.69, 9.17) is 5.11 Å². The van der Waals surface area contributed by atoms with E-state index in [0.29, 0.717) is 5.69 Å². The molecule has 0 saturated carbocycles. The summed E-state index contributed by atoms with van der Waals surface area (Å²) in [5, 5.41) is 8.96. The van der Waals surface area contributed by atoms with Crippen LogP contribution in [0.2, 0.25) is 0 Å². The van der Waals surface area contributed by atoms with Crippen molar-refractivity contribution in [3.05, 3.63) is 28.5 Å². The number of rotatable bonds is 2. The summed E-state index contributed by atoms with van der Waals surface area (Å²) in [5.74, 6) is -0.882. The van der Waals surface area contributed by atoms with Gasteiger partial charge in [0.2, 0.25) is 0 Å². The van der Waals surface area contributed by atoms with Crippen LogP contribution in [0.5, 0.6) is 0 Å². The molecule has 4 heteroatoms. The van der Waals surface area contributed by atoms with Crippen molar-refractivity contribution in [1.29, 1.82) is 0 Å². The molecular weight excluding hydrogens is 234 g/mol. The van der Waals surface area contributed by atoms with Gasteiger partial charge in [-0.3, -0.25) is 9.78 Å². The van der Waals surface area contributed by atoms with E-state index in [-0.39, 0.29) is 0 Å². The fourth-order valence-corrected chi connectivity index (χ4v) is 1.70. The van der Waals surface area contributed by atoms with Crippen LogP contribution < -0.4 is 0 Å². The van der Waals surface area contributed by atoms with E-state index in [1.165, 1.54) is 0 Å². The molecule has 3 nitrogen and oxygen atoms in total. The van der Waals surface area contributed by atoms with Crippen molar-refractivity contribution in [2.45, 2.75) is 19.3 Å². The summed E-state index contributed by atoms with van der Waals surface area (Å²) in [5.41, 5.74) is -0.414. The summed E-state index contributed by atoms with van der Waals surface area (Å²) in [6.07, 6.45) is 1.59. The van der Waals surface area contributed by atoms with Crippen LogP contribution in [0.3, 0.4) is 0 Å². The van der Waals surface area contributed by atoms with Gasteiger partial charge in [0.1, 0.15) is 5.41 Å². The second-order valence-electron chi connectivity index (χ2n) is 3.26. The van der Waals surface area contributed by atoms with Crippen molar-refractivity contribution in [3.8, 4) is 0 Å². The molecule has 0 spiro atoms. The maximum Gasteiger partial charge on any atom is 0.315 e. The van der Waals surface area contributed by atoms with Crippen molar-refractivity contribution >= 4 is 21.9 Å². The van der Waals surface area contributed by atoms with E-state index < -0.39 is 11.4 Å². The zero-order valence-corrected chi connectivity index (χ0v) is 9.00. The number of carboxylic acid groups (broad SMARTS) is 1. The largest absolute Gasteiger partial charge is 0.481 e. The summed E-state index contributed by atoms with van der Waals surface area (Å²) in [6, 6.07) is 3.54. The summed E-state index contributed by atoms with van der Waals surface area (Å²) < 4.78 is 0.724. The number of aromatic nitrogens is 1. The lowest BCUT2D eigenvalue weighted by Crippen LogP contribution is -2.30. The molecule has 1 rings (SSSR count). The van der Waals surface area contributed by atoms with Gasteiger partial charge in [-0.05, 0) is 41.9 Å². The molecule has 1 aromatic rings. The van der Waals surface area contributed by atoms with Gasteiger partial charge in [-0.1, -0.05) is 0 Å². The number of pyridine rings is 1. The normalized spacial score (nSPS) is 11.3. The van der Waals surface area contributed by atoms with Crippen molar-refractivity contribution in [1.82, 2.24) is 4.98 Å². The number of nitrogens with zero attached hydrogens (tertiary/aromatic N) is 1. The first-order chi connectivity index (χ1) is 5.96. The predicted molar refractivity (Wildman–Crippen MR) is 52.6 cm³/mol. The van der Waals surface area contributed by atoms with Gasteiger partial charge >= 0.3 is 5.97 Å². The van der Waals surface area contributed by atoms with E-state index in [1.807, 2.05) is 0 Å². The van der Waals surface area contributed by atoms with Gasteiger partial charge in [-0.15, -0.1) is 0 Å². The van der Waals surface area contributed by atoms with E-state index in [9.17, 15) is 4.79 Å². The Morgan fingerprint density at radius 1 is 1.62 bits per heavy atom. The number of hydrogen-bond acceptors (Lipinski definition) is 2. The third-order valence-electron chi connectivity index (χ3n) is 1.89. The SMILES string of the molecule is CC(C)(C(=O)O)c1ncccc1Br. The molecule has 0 aliphatic heterocycles. The molecular formula is C9H10BrNO2. The van der Waals surface area contributed by atoms with Gasteiger partial charge in [0.15, 0.2) is 0 Å². The first kappa shape index (κ1) is 10.2. The first-order valence-corrected chi connectivity index (χ1v) is 4.60. The number of carbonyl (C=O) groups is 1. The first-order valence-electron chi connectivity index (χ1n) is 3.80. The fourth-order valence-electron chi connectivity index (χ4n) is 0.947. The van der Waals surface area contributed by atoms with Gasteiger partial charge in [-0.2, -0.15) is 0 Å². The van der Waals surface area contributed by atoms with Crippen LogP contribution in [-0.2, 0) is 10.2 Å². The lowest BCUT2D eigenvalue weighted by atomic mass is 9.89. The Morgan fingerprint density at radius 3 is 2.69 bits per heavy atom. The minimum Gasteiger partial charge on any atom is -0.481 e. The summed E-state index contributed by atoms with van der Waals surface area (Å²) in [4.78, 5) is 15.0. The molecule has 0 aromatic carbocycles. The second kappa shape index (κ2) is 3.46. The molecule has 0 radical (unpaired) electrons. The lowest BCUT2D eigenvalue weighted by molar-refractivity contribution is -0.142. The third kappa shape index (κ3) is 1.88. The predicted octanol–water partition coefficient (Wildman–Crippen LogP) is 2.21. The Kier molecular flexibility index (Phi) is 2.71. The van der Waals surface area contributed by atoms with Crippen LogP contribution in [0.15, 0.2) is 22.8 Å². The fraction of sp³-hybridized carbons (Fsp3) is 0.333. The molecule has 0 atom stereocenters. The summed E-state index contributed by atoms with van der Waals surface area (Å²) in [6.45, 7) is 3.25. The highest BCUT2D eigenvalue weighted by molar-refractivity contribution is 9.10. The van der Waals surface area contributed by atoms with Crippen LogP contribution in [0.1, 0.15) is 19.5 Å². The van der Waals surface area contributed by atoms with Gasteiger partial charge < -0.3 is 5.11 Å². The van der Waals surface area contributed by atoms with Crippen molar-refractivity contribution in [2.24, 2.45) is 0 Å².